The molecule has 1 aliphatic rings. The number of piperazine rings is 1. The molecule has 1 aliphatic heterocycles. The molecule has 4 rings (SSSR count). The summed E-state index contributed by atoms with van der Waals surface area (Å²) < 4.78 is 86.6. The third kappa shape index (κ3) is 7.55. The second kappa shape index (κ2) is 11.7. The van der Waals surface area contributed by atoms with Gasteiger partial charge in [-0.3, -0.25) is 14.6 Å². The smallest absolute Gasteiger partial charge is 0.418 e. The van der Waals surface area contributed by atoms with Crippen molar-refractivity contribution in [1.82, 2.24) is 19.8 Å². The van der Waals surface area contributed by atoms with Gasteiger partial charge in [0.15, 0.2) is 5.75 Å². The molecule has 2 aromatic carbocycles. The fraction of sp³-hybridized carbons (Fsp3) is 0.400. The summed E-state index contributed by atoms with van der Waals surface area (Å²) in [7, 11) is 0. The number of benzene rings is 2. The van der Waals surface area contributed by atoms with Gasteiger partial charge in [-0.2, -0.15) is 26.3 Å². The van der Waals surface area contributed by atoms with E-state index in [1.54, 1.807) is 24.3 Å². The normalized spacial score (nSPS) is 15.5. The van der Waals surface area contributed by atoms with E-state index in [0.29, 0.717) is 56.0 Å². The van der Waals surface area contributed by atoms with E-state index in [0.717, 1.165) is 6.33 Å². The van der Waals surface area contributed by atoms with Crippen LogP contribution in [-0.2, 0) is 16.1 Å². The highest BCUT2D eigenvalue weighted by molar-refractivity contribution is 5.92. The minimum atomic E-state index is -5.25. The van der Waals surface area contributed by atoms with Crippen molar-refractivity contribution in [3.05, 3.63) is 58.6 Å². The molecule has 14 heteroatoms. The van der Waals surface area contributed by atoms with Crippen LogP contribution in [0.4, 0.5) is 26.3 Å². The molecule has 0 saturated carbocycles. The van der Waals surface area contributed by atoms with Gasteiger partial charge in [-0.25, -0.2) is 9.78 Å². The Kier molecular flexibility index (Phi) is 8.57. The van der Waals surface area contributed by atoms with Crippen LogP contribution in [0.1, 0.15) is 5.56 Å². The summed E-state index contributed by atoms with van der Waals surface area (Å²) in [6.07, 6.45) is -8.48. The van der Waals surface area contributed by atoms with Gasteiger partial charge >= 0.3 is 18.3 Å². The predicted octanol–water partition coefficient (Wildman–Crippen LogP) is 3.75. The van der Waals surface area contributed by atoms with Crippen molar-refractivity contribution in [3.8, 4) is 16.9 Å². The lowest BCUT2D eigenvalue weighted by atomic mass is 9.98. The van der Waals surface area contributed by atoms with Crippen molar-refractivity contribution in [3.63, 3.8) is 0 Å². The first kappa shape index (κ1) is 28.5. The molecule has 2 heterocycles. The number of nitrogens with zero attached hydrogens (tertiary/aromatic N) is 3. The average Bonchev–Trinajstić information content (AvgIpc) is 2.87. The monoisotopic (exact) mass is 558 g/mol. The van der Waals surface area contributed by atoms with E-state index in [1.807, 2.05) is 4.90 Å². The van der Waals surface area contributed by atoms with Crippen molar-refractivity contribution in [2.45, 2.75) is 19.0 Å². The van der Waals surface area contributed by atoms with E-state index in [9.17, 15) is 35.9 Å². The van der Waals surface area contributed by atoms with Crippen molar-refractivity contribution in [2.24, 2.45) is 0 Å². The summed E-state index contributed by atoms with van der Waals surface area (Å²) in [5.74, 6) is -2.96. The topological polar surface area (TPSA) is 87.8 Å². The molecule has 0 spiro atoms. The number of nitrogens with one attached hydrogen (secondary N) is 1. The molecule has 0 aliphatic carbocycles. The lowest BCUT2D eigenvalue weighted by Gasteiger charge is -2.34. The van der Waals surface area contributed by atoms with Crippen molar-refractivity contribution < 1.29 is 40.6 Å². The second-order valence-electron chi connectivity index (χ2n) is 8.93. The van der Waals surface area contributed by atoms with Gasteiger partial charge in [0.25, 0.3) is 5.56 Å². The van der Waals surface area contributed by atoms with Crippen LogP contribution in [-0.4, -0.2) is 84.0 Å². The maximum atomic E-state index is 12.9. The lowest BCUT2D eigenvalue weighted by Crippen LogP contribution is -2.49. The van der Waals surface area contributed by atoms with Gasteiger partial charge < -0.3 is 14.5 Å². The van der Waals surface area contributed by atoms with Crippen LogP contribution in [0.15, 0.2) is 47.5 Å². The summed E-state index contributed by atoms with van der Waals surface area (Å²) in [4.78, 5) is 33.5. The molecular formula is C25H24F6N4O4. The first-order chi connectivity index (χ1) is 18.4. The summed E-state index contributed by atoms with van der Waals surface area (Å²) >= 11 is 0. The zero-order chi connectivity index (χ0) is 28.2. The van der Waals surface area contributed by atoms with E-state index in [2.05, 4.69) is 14.7 Å². The Morgan fingerprint density at radius 1 is 1.00 bits per heavy atom. The fourth-order valence-corrected chi connectivity index (χ4v) is 4.27. The fourth-order valence-electron chi connectivity index (χ4n) is 4.27. The van der Waals surface area contributed by atoms with Crippen LogP contribution in [0.5, 0.6) is 5.75 Å². The minimum Gasteiger partial charge on any atom is -0.418 e. The van der Waals surface area contributed by atoms with Crippen LogP contribution in [0.25, 0.3) is 22.0 Å². The van der Waals surface area contributed by atoms with E-state index in [-0.39, 0.29) is 17.5 Å². The first-order valence-corrected chi connectivity index (χ1v) is 11.9. The number of carbonyl (C=O) groups excluding carboxylic acids is 1. The Morgan fingerprint density at radius 2 is 1.69 bits per heavy atom. The number of ether oxygens (including phenoxy) is 2. The number of esters is 1. The number of hydrogen-bond acceptors (Lipinski definition) is 7. The van der Waals surface area contributed by atoms with Gasteiger partial charge in [-0.05, 0) is 28.8 Å². The zero-order valence-electron chi connectivity index (χ0n) is 20.4. The Labute approximate surface area is 218 Å². The number of carbonyl (C=O) groups is 1. The lowest BCUT2D eigenvalue weighted by molar-refractivity contribution is -0.189. The molecule has 3 aromatic rings. The number of halogens is 6. The SMILES string of the molecule is O=C(Oc1cc(-c2ccccc2COCCN2CCN(CC(F)(F)F)CC2)cc2c(=O)[nH]cnc12)C(F)(F)F. The summed E-state index contributed by atoms with van der Waals surface area (Å²) in [5.41, 5.74) is 0.665. The molecular weight excluding hydrogens is 534 g/mol. The largest absolute Gasteiger partial charge is 0.491 e. The minimum absolute atomic E-state index is 0.0691. The van der Waals surface area contributed by atoms with Crippen molar-refractivity contribution in [1.29, 1.82) is 0 Å². The van der Waals surface area contributed by atoms with E-state index in [4.69, 9.17) is 4.74 Å². The molecule has 1 aromatic heterocycles. The van der Waals surface area contributed by atoms with Gasteiger partial charge in [0.2, 0.25) is 0 Å². The number of alkyl halides is 6. The van der Waals surface area contributed by atoms with Gasteiger partial charge in [-0.1, -0.05) is 24.3 Å². The number of fused-ring (bicyclic) bond motifs is 1. The molecule has 1 saturated heterocycles. The highest BCUT2D eigenvalue weighted by Crippen LogP contribution is 2.33. The maximum Gasteiger partial charge on any atom is 0.491 e. The molecule has 210 valence electrons. The highest BCUT2D eigenvalue weighted by atomic mass is 19.4. The van der Waals surface area contributed by atoms with Crippen LogP contribution in [0.3, 0.4) is 0 Å². The first-order valence-electron chi connectivity index (χ1n) is 11.9. The van der Waals surface area contributed by atoms with Crippen LogP contribution in [0.2, 0.25) is 0 Å². The van der Waals surface area contributed by atoms with Crippen LogP contribution in [0, 0.1) is 0 Å². The Bertz CT molecular complexity index is 1370. The van der Waals surface area contributed by atoms with Gasteiger partial charge in [-0.15, -0.1) is 0 Å². The quantitative estimate of drug-likeness (QED) is 0.195. The summed E-state index contributed by atoms with van der Waals surface area (Å²) in [6, 6.07) is 9.49. The third-order valence-corrected chi connectivity index (χ3v) is 6.15. The van der Waals surface area contributed by atoms with Gasteiger partial charge in [0.05, 0.1) is 31.5 Å². The van der Waals surface area contributed by atoms with Crippen molar-refractivity contribution >= 4 is 16.9 Å². The summed E-state index contributed by atoms with van der Waals surface area (Å²) in [6.45, 7) is 1.56. The Balaban J connectivity index is 1.46. The molecule has 0 amide bonds. The van der Waals surface area contributed by atoms with E-state index in [1.165, 1.54) is 17.0 Å². The molecule has 0 bridgehead atoms. The van der Waals surface area contributed by atoms with Crippen molar-refractivity contribution in [2.75, 3.05) is 45.9 Å². The molecule has 39 heavy (non-hydrogen) atoms. The van der Waals surface area contributed by atoms with E-state index >= 15 is 0 Å². The molecule has 1 fully saturated rings. The number of hydrogen-bond donors (Lipinski definition) is 1. The van der Waals surface area contributed by atoms with Gasteiger partial charge in [0.1, 0.15) is 5.52 Å². The third-order valence-electron chi connectivity index (χ3n) is 6.15. The maximum absolute atomic E-state index is 12.9. The highest BCUT2D eigenvalue weighted by Gasteiger charge is 2.42. The average molecular weight is 558 g/mol. The second-order valence-corrected chi connectivity index (χ2v) is 8.93. The Morgan fingerprint density at radius 3 is 2.38 bits per heavy atom. The molecule has 8 nitrogen and oxygen atoms in total. The summed E-state index contributed by atoms with van der Waals surface area (Å²) in [5, 5.41) is -0.0691. The van der Waals surface area contributed by atoms with Crippen LogP contribution < -0.4 is 10.3 Å². The molecule has 1 N–H and O–H groups in total. The van der Waals surface area contributed by atoms with E-state index < -0.39 is 36.2 Å². The molecule has 0 atom stereocenters. The number of H-pyrrole nitrogens is 1. The number of rotatable bonds is 8. The molecule has 0 radical (unpaired) electrons. The standard InChI is InChI=1S/C25H24F6N4O4/c26-24(27,28)14-35-7-5-34(6-8-35)9-10-38-13-16-3-1-2-4-18(16)17-11-19-21(32-15-33-22(19)36)20(12-17)39-23(37)25(29,30)31/h1-4,11-12,15H,5-10,13-14H2,(H,32,33,36). The Hall–Kier alpha value is -3.49. The zero-order valence-corrected chi connectivity index (χ0v) is 20.4. The predicted molar refractivity (Wildman–Crippen MR) is 128 cm³/mol. The van der Waals surface area contributed by atoms with Gasteiger partial charge in [0, 0.05) is 32.7 Å². The molecule has 0 unspecified atom stereocenters. The number of aromatic nitrogens is 2. The van der Waals surface area contributed by atoms with Crippen LogP contribution >= 0.6 is 0 Å². The number of aromatic amines is 1.